The van der Waals surface area contributed by atoms with Crippen molar-refractivity contribution in [1.29, 1.82) is 0 Å². The smallest absolute Gasteiger partial charge is 0.263 e. The van der Waals surface area contributed by atoms with Crippen LogP contribution in [-0.4, -0.2) is 61.9 Å². The summed E-state index contributed by atoms with van der Waals surface area (Å²) in [6.07, 6.45) is 0.514. The summed E-state index contributed by atoms with van der Waals surface area (Å²) in [5.74, 6) is 0.0573. The molecule has 4 rings (SSSR count). The van der Waals surface area contributed by atoms with Crippen molar-refractivity contribution in [2.75, 3.05) is 25.0 Å². The number of morpholine rings is 1. The highest BCUT2D eigenvalue weighted by molar-refractivity contribution is 7.90. The van der Waals surface area contributed by atoms with Gasteiger partial charge in [0.05, 0.1) is 29.3 Å². The van der Waals surface area contributed by atoms with Crippen LogP contribution in [0.15, 0.2) is 39.5 Å². The maximum Gasteiger partial charge on any atom is 0.263 e. The molecule has 1 fully saturated rings. The van der Waals surface area contributed by atoms with Crippen LogP contribution in [0.5, 0.6) is 0 Å². The number of ether oxygens (including phenoxy) is 1. The molecule has 3 heterocycles. The summed E-state index contributed by atoms with van der Waals surface area (Å²) in [6, 6.07) is 6.64. The lowest BCUT2D eigenvalue weighted by atomic mass is 10.2. The number of nitrogens with zero attached hydrogens (tertiary/aromatic N) is 3. The molecule has 1 aromatic carbocycles. The van der Waals surface area contributed by atoms with Crippen molar-refractivity contribution >= 4 is 38.2 Å². The minimum Gasteiger partial charge on any atom is -0.373 e. The zero-order chi connectivity index (χ0) is 22.0. The summed E-state index contributed by atoms with van der Waals surface area (Å²) in [5, 5.41) is 5.29. The second-order valence-corrected chi connectivity index (χ2v) is 10.2. The van der Waals surface area contributed by atoms with E-state index < -0.39 is 10.0 Å². The van der Waals surface area contributed by atoms with Crippen molar-refractivity contribution in [2.45, 2.75) is 43.9 Å². The third-order valence-corrected chi connectivity index (χ3v) is 7.15. The van der Waals surface area contributed by atoms with Crippen LogP contribution < -0.4 is 10.0 Å². The number of carbonyl (C=O) groups is 1. The highest BCUT2D eigenvalue weighted by Crippen LogP contribution is 2.22. The van der Waals surface area contributed by atoms with Gasteiger partial charge < -0.3 is 10.1 Å². The Labute approximate surface area is 185 Å². The maximum absolute atomic E-state index is 12.3. The van der Waals surface area contributed by atoms with E-state index in [2.05, 4.69) is 38.8 Å². The van der Waals surface area contributed by atoms with E-state index in [4.69, 9.17) is 4.74 Å². The number of rotatable bonds is 6. The lowest BCUT2D eigenvalue weighted by molar-refractivity contribution is -0.116. The van der Waals surface area contributed by atoms with E-state index in [-0.39, 0.29) is 41.8 Å². The molecule has 0 bridgehead atoms. The Morgan fingerprint density at radius 2 is 2.06 bits per heavy atom. The SMILES string of the molecule is CC1CN(Cc2csc(NC(=O)CCN=C3NS(=O)(=O)c4ccccc43)n2)CC(C)O1. The van der Waals surface area contributed by atoms with Crippen LogP contribution in [0.25, 0.3) is 0 Å². The predicted molar refractivity (Wildman–Crippen MR) is 119 cm³/mol. The maximum atomic E-state index is 12.3. The first kappa shape index (κ1) is 21.9. The minimum absolute atomic E-state index is 0.126. The quantitative estimate of drug-likeness (QED) is 0.676. The predicted octanol–water partition coefficient (Wildman–Crippen LogP) is 1.82. The number of amidine groups is 1. The molecule has 0 spiro atoms. The van der Waals surface area contributed by atoms with Crippen LogP contribution in [0.1, 0.15) is 31.5 Å². The van der Waals surface area contributed by atoms with Crippen molar-refractivity contribution < 1.29 is 17.9 Å². The number of hydrogen-bond donors (Lipinski definition) is 2. The normalized spacial score (nSPS) is 24.0. The van der Waals surface area contributed by atoms with Gasteiger partial charge in [-0.15, -0.1) is 11.3 Å². The molecule has 2 aliphatic heterocycles. The topological polar surface area (TPSA) is 113 Å². The van der Waals surface area contributed by atoms with E-state index in [1.807, 2.05) is 5.38 Å². The number of hydrogen-bond acceptors (Lipinski definition) is 8. The standard InChI is InChI=1S/C20H25N5O4S2/c1-13-9-25(10-14(2)29-13)11-15-12-30-20(22-15)23-18(26)7-8-21-19-16-5-3-4-6-17(16)31(27,28)24-19/h3-6,12-14H,7-11H2,1-2H3,(H,21,24)(H,22,23,26). The third-order valence-electron chi connectivity index (χ3n) is 4.95. The van der Waals surface area contributed by atoms with Crippen molar-refractivity contribution in [3.8, 4) is 0 Å². The van der Waals surface area contributed by atoms with Gasteiger partial charge in [-0.3, -0.25) is 19.4 Å². The summed E-state index contributed by atoms with van der Waals surface area (Å²) in [4.78, 5) is 23.5. The van der Waals surface area contributed by atoms with Gasteiger partial charge in [0.25, 0.3) is 10.0 Å². The Morgan fingerprint density at radius 3 is 2.84 bits per heavy atom. The lowest BCUT2D eigenvalue weighted by Gasteiger charge is -2.34. The summed E-state index contributed by atoms with van der Waals surface area (Å²) in [5.41, 5.74) is 1.44. The first-order chi connectivity index (χ1) is 14.8. The van der Waals surface area contributed by atoms with E-state index in [0.29, 0.717) is 10.7 Å². The molecule has 11 heteroatoms. The molecule has 166 valence electrons. The Bertz CT molecular complexity index is 1090. The number of carbonyl (C=O) groups excluding carboxylic acids is 1. The minimum atomic E-state index is -3.57. The van der Waals surface area contributed by atoms with Gasteiger partial charge in [-0.25, -0.2) is 13.4 Å². The monoisotopic (exact) mass is 463 g/mol. The van der Waals surface area contributed by atoms with Crippen LogP contribution >= 0.6 is 11.3 Å². The van der Waals surface area contributed by atoms with E-state index >= 15 is 0 Å². The second-order valence-electron chi connectivity index (χ2n) is 7.73. The molecule has 1 saturated heterocycles. The summed E-state index contributed by atoms with van der Waals surface area (Å²) in [7, 11) is -3.57. The average molecular weight is 464 g/mol. The Balaban J connectivity index is 1.29. The van der Waals surface area contributed by atoms with Crippen molar-refractivity contribution in [1.82, 2.24) is 14.6 Å². The van der Waals surface area contributed by atoms with Gasteiger partial charge in [0.15, 0.2) is 5.13 Å². The van der Waals surface area contributed by atoms with Gasteiger partial charge in [0.1, 0.15) is 5.84 Å². The van der Waals surface area contributed by atoms with Crippen LogP contribution in [0.2, 0.25) is 0 Å². The number of aliphatic imine (C=N–C) groups is 1. The van der Waals surface area contributed by atoms with Crippen LogP contribution in [0.3, 0.4) is 0 Å². The molecular weight excluding hydrogens is 438 g/mol. The van der Waals surface area contributed by atoms with Gasteiger partial charge in [-0.2, -0.15) is 0 Å². The number of aromatic nitrogens is 1. The van der Waals surface area contributed by atoms with Crippen LogP contribution in [-0.2, 0) is 26.1 Å². The molecule has 0 radical (unpaired) electrons. The first-order valence-corrected chi connectivity index (χ1v) is 12.4. The molecular formula is C20H25N5O4S2. The highest BCUT2D eigenvalue weighted by Gasteiger charge is 2.30. The molecule has 0 saturated carbocycles. The van der Waals surface area contributed by atoms with Gasteiger partial charge >= 0.3 is 0 Å². The zero-order valence-electron chi connectivity index (χ0n) is 17.4. The largest absolute Gasteiger partial charge is 0.373 e. The molecule has 1 aromatic heterocycles. The summed E-state index contributed by atoms with van der Waals surface area (Å²) < 4.78 is 32.4. The van der Waals surface area contributed by atoms with E-state index in [0.717, 1.165) is 25.3 Å². The van der Waals surface area contributed by atoms with E-state index in [1.165, 1.54) is 17.4 Å². The van der Waals surface area contributed by atoms with Crippen molar-refractivity contribution in [2.24, 2.45) is 4.99 Å². The number of fused-ring (bicyclic) bond motifs is 1. The van der Waals surface area contributed by atoms with Crippen molar-refractivity contribution in [3.63, 3.8) is 0 Å². The number of sulfonamides is 1. The van der Waals surface area contributed by atoms with E-state index in [9.17, 15) is 13.2 Å². The number of amides is 1. The molecule has 2 aliphatic rings. The Kier molecular flexibility index (Phi) is 6.37. The van der Waals surface area contributed by atoms with Gasteiger partial charge in [-0.05, 0) is 26.0 Å². The molecule has 2 atom stereocenters. The lowest BCUT2D eigenvalue weighted by Crippen LogP contribution is -2.44. The van der Waals surface area contributed by atoms with Crippen LogP contribution in [0.4, 0.5) is 5.13 Å². The number of thiazole rings is 1. The molecule has 9 nitrogen and oxygen atoms in total. The Hall–Kier alpha value is -2.34. The fourth-order valence-corrected chi connectivity index (χ4v) is 5.75. The number of nitrogens with one attached hydrogen (secondary N) is 2. The molecule has 2 unspecified atom stereocenters. The van der Waals surface area contributed by atoms with Crippen LogP contribution in [0, 0.1) is 0 Å². The summed E-state index contributed by atoms with van der Waals surface area (Å²) >= 11 is 1.39. The first-order valence-electron chi connectivity index (χ1n) is 10.1. The molecule has 2 aromatic rings. The highest BCUT2D eigenvalue weighted by atomic mass is 32.2. The van der Waals surface area contributed by atoms with Gasteiger partial charge in [0.2, 0.25) is 5.91 Å². The average Bonchev–Trinajstić information content (AvgIpc) is 3.23. The molecule has 2 N–H and O–H groups in total. The van der Waals surface area contributed by atoms with Gasteiger partial charge in [0, 0.05) is 37.0 Å². The molecule has 31 heavy (non-hydrogen) atoms. The van der Waals surface area contributed by atoms with E-state index in [1.54, 1.807) is 18.2 Å². The molecule has 0 aliphatic carbocycles. The number of benzene rings is 1. The fraction of sp³-hybridized carbons (Fsp3) is 0.450. The summed E-state index contributed by atoms with van der Waals surface area (Å²) in [6.45, 7) is 6.73. The van der Waals surface area contributed by atoms with Gasteiger partial charge in [-0.1, -0.05) is 12.1 Å². The number of anilines is 1. The third kappa shape index (κ3) is 5.29. The second kappa shape index (κ2) is 9.03. The van der Waals surface area contributed by atoms with Crippen molar-refractivity contribution in [3.05, 3.63) is 40.9 Å². The fourth-order valence-electron chi connectivity index (χ4n) is 3.78. The molecule has 1 amide bonds. The zero-order valence-corrected chi connectivity index (χ0v) is 19.0. The Morgan fingerprint density at radius 1 is 1.32 bits per heavy atom.